The van der Waals surface area contributed by atoms with Crippen molar-refractivity contribution < 1.29 is 9.84 Å². The molecule has 1 aromatic carbocycles. The Morgan fingerprint density at radius 1 is 1.00 bits per heavy atom. The first kappa shape index (κ1) is 19.4. The van der Waals surface area contributed by atoms with Gasteiger partial charge in [-0.1, -0.05) is 68.9 Å². The molecule has 0 unspecified atom stereocenters. The number of unbranched alkanes of at least 4 members (excludes halogenated alkanes) is 6. The first-order valence-electron chi connectivity index (χ1n) is 9.56. The topological polar surface area (TPSA) is 67.5 Å². The number of aliphatic hydroxyl groups excluding tert-OH is 1. The second kappa shape index (κ2) is 11.6. The fourth-order valence-corrected chi connectivity index (χ4v) is 3.32. The Morgan fingerprint density at radius 3 is 2.33 bits per heavy atom. The maximum atomic E-state index is 9.87. The summed E-state index contributed by atoms with van der Waals surface area (Å²) in [7, 11) is 0. The molecule has 3 atom stereocenters. The number of nitrogens with one attached hydrogen (secondary N) is 1. The Bertz CT molecular complexity index is 427. The van der Waals surface area contributed by atoms with Crippen molar-refractivity contribution in [3.05, 3.63) is 35.9 Å². The van der Waals surface area contributed by atoms with Crippen LogP contribution in [0.1, 0.15) is 56.9 Å². The fraction of sp³-hybridized carbons (Fsp3) is 0.700. The van der Waals surface area contributed by atoms with Crippen molar-refractivity contribution in [3.63, 3.8) is 0 Å². The highest BCUT2D eigenvalue weighted by Crippen LogP contribution is 2.15. The molecule has 0 amide bonds. The van der Waals surface area contributed by atoms with Crippen LogP contribution >= 0.6 is 0 Å². The Hall–Kier alpha value is -0.940. The lowest BCUT2D eigenvalue weighted by molar-refractivity contribution is 0.116. The van der Waals surface area contributed by atoms with Crippen LogP contribution in [0.25, 0.3) is 0 Å². The molecule has 1 heterocycles. The van der Waals surface area contributed by atoms with Gasteiger partial charge in [-0.05, 0) is 18.4 Å². The highest BCUT2D eigenvalue weighted by molar-refractivity contribution is 5.13. The van der Waals surface area contributed by atoms with Crippen LogP contribution in [0.2, 0.25) is 0 Å². The van der Waals surface area contributed by atoms with Crippen LogP contribution in [0.15, 0.2) is 30.3 Å². The molecule has 0 spiro atoms. The summed E-state index contributed by atoms with van der Waals surface area (Å²) in [5.74, 6) is 0. The maximum absolute atomic E-state index is 9.87. The molecule has 1 aliphatic heterocycles. The minimum absolute atomic E-state index is 0.0842. The highest BCUT2D eigenvalue weighted by atomic mass is 16.5. The molecule has 1 saturated heterocycles. The molecule has 0 aromatic heterocycles. The van der Waals surface area contributed by atoms with E-state index in [0.717, 1.165) is 32.6 Å². The van der Waals surface area contributed by atoms with Gasteiger partial charge in [-0.2, -0.15) is 0 Å². The summed E-state index contributed by atoms with van der Waals surface area (Å²) in [5.41, 5.74) is 7.05. The Morgan fingerprint density at radius 2 is 1.67 bits per heavy atom. The van der Waals surface area contributed by atoms with E-state index in [9.17, 15) is 5.11 Å². The highest BCUT2D eigenvalue weighted by Gasteiger charge is 2.30. The number of hydrogen-bond donors (Lipinski definition) is 3. The van der Waals surface area contributed by atoms with Crippen molar-refractivity contribution >= 4 is 0 Å². The van der Waals surface area contributed by atoms with E-state index in [2.05, 4.69) is 29.6 Å². The summed E-state index contributed by atoms with van der Waals surface area (Å²) >= 11 is 0. The van der Waals surface area contributed by atoms with Crippen molar-refractivity contribution in [1.82, 2.24) is 5.32 Å². The van der Waals surface area contributed by atoms with E-state index in [4.69, 9.17) is 10.5 Å². The Kier molecular flexibility index (Phi) is 9.36. The van der Waals surface area contributed by atoms with Gasteiger partial charge >= 0.3 is 0 Å². The fourth-order valence-electron chi connectivity index (χ4n) is 3.32. The number of rotatable bonds is 12. The number of ether oxygens (including phenoxy) is 1. The van der Waals surface area contributed by atoms with Crippen molar-refractivity contribution in [2.75, 3.05) is 13.2 Å². The van der Waals surface area contributed by atoms with Gasteiger partial charge in [0.15, 0.2) is 0 Å². The van der Waals surface area contributed by atoms with Gasteiger partial charge in [0.25, 0.3) is 0 Å². The van der Waals surface area contributed by atoms with Gasteiger partial charge in [0.05, 0.1) is 12.7 Å². The molecule has 4 N–H and O–H groups in total. The molecule has 2 rings (SSSR count). The van der Waals surface area contributed by atoms with E-state index in [1.165, 1.54) is 44.1 Å². The molecule has 136 valence electrons. The molecule has 24 heavy (non-hydrogen) atoms. The predicted molar refractivity (Wildman–Crippen MR) is 98.8 cm³/mol. The third-order valence-corrected chi connectivity index (χ3v) is 4.88. The molecule has 1 fully saturated rings. The lowest BCUT2D eigenvalue weighted by Gasteiger charge is -2.16. The van der Waals surface area contributed by atoms with Crippen LogP contribution in [-0.2, 0) is 11.3 Å². The minimum atomic E-state index is -0.360. The van der Waals surface area contributed by atoms with E-state index in [1.54, 1.807) is 0 Å². The van der Waals surface area contributed by atoms with Crippen LogP contribution in [0.4, 0.5) is 0 Å². The average molecular weight is 335 g/mol. The van der Waals surface area contributed by atoms with Crippen molar-refractivity contribution in [1.29, 1.82) is 0 Å². The lowest BCUT2D eigenvalue weighted by Crippen LogP contribution is -2.37. The third-order valence-electron chi connectivity index (χ3n) is 4.88. The van der Waals surface area contributed by atoms with Crippen LogP contribution in [0.5, 0.6) is 0 Å². The molecule has 0 saturated carbocycles. The van der Waals surface area contributed by atoms with Gasteiger partial charge in [-0.25, -0.2) is 0 Å². The van der Waals surface area contributed by atoms with Crippen molar-refractivity contribution in [2.45, 2.75) is 76.2 Å². The second-order valence-corrected chi connectivity index (χ2v) is 6.97. The molecule has 1 aromatic rings. The summed E-state index contributed by atoms with van der Waals surface area (Å²) in [5, 5.41) is 13.2. The number of benzene rings is 1. The summed E-state index contributed by atoms with van der Waals surface area (Å²) in [6.07, 6.45) is 9.42. The summed E-state index contributed by atoms with van der Waals surface area (Å²) in [4.78, 5) is 0. The van der Waals surface area contributed by atoms with Gasteiger partial charge < -0.3 is 20.9 Å². The molecule has 1 aliphatic rings. The number of hydrogen-bond acceptors (Lipinski definition) is 4. The van der Waals surface area contributed by atoms with E-state index in [0.29, 0.717) is 0 Å². The molecule has 0 aliphatic carbocycles. The quantitative estimate of drug-likeness (QED) is 0.514. The summed E-state index contributed by atoms with van der Waals surface area (Å²) in [6, 6.07) is 10.5. The first-order chi connectivity index (χ1) is 11.8. The third kappa shape index (κ3) is 7.31. The van der Waals surface area contributed by atoms with Gasteiger partial charge in [0.2, 0.25) is 0 Å². The zero-order valence-corrected chi connectivity index (χ0v) is 14.8. The average Bonchev–Trinajstić information content (AvgIpc) is 2.92. The maximum Gasteiger partial charge on any atom is 0.0856 e. The van der Waals surface area contributed by atoms with Gasteiger partial charge in [-0.3, -0.25) is 0 Å². The number of nitrogens with two attached hydrogens (primary N) is 1. The largest absolute Gasteiger partial charge is 0.390 e. The van der Waals surface area contributed by atoms with E-state index < -0.39 is 0 Å². The standard InChI is InChI=1S/C20H34N2O2/c21-18-15-22-19(20(18)23)13-9-4-2-1-3-5-10-14-24-16-17-11-7-6-8-12-17/h6-8,11-12,18-20,22-23H,1-5,9-10,13-16,21H2/t18-,19+,20-/m0/s1. The van der Waals surface area contributed by atoms with Crippen LogP contribution in [0, 0.1) is 0 Å². The predicted octanol–water partition coefficient (Wildman–Crippen LogP) is 2.98. The molecule has 4 nitrogen and oxygen atoms in total. The van der Waals surface area contributed by atoms with Crippen LogP contribution < -0.4 is 11.1 Å². The lowest BCUT2D eigenvalue weighted by atomic mass is 10.0. The SMILES string of the molecule is N[C@H]1CN[C@H](CCCCCCCCCOCc2ccccc2)[C@H]1O. The molecule has 4 heteroatoms. The van der Waals surface area contributed by atoms with Gasteiger partial charge in [0, 0.05) is 25.2 Å². The van der Waals surface area contributed by atoms with E-state index in [1.807, 2.05) is 6.07 Å². The van der Waals surface area contributed by atoms with Gasteiger partial charge in [-0.15, -0.1) is 0 Å². The van der Waals surface area contributed by atoms with Crippen molar-refractivity contribution in [3.8, 4) is 0 Å². The van der Waals surface area contributed by atoms with Crippen LogP contribution in [0.3, 0.4) is 0 Å². The van der Waals surface area contributed by atoms with Crippen LogP contribution in [-0.4, -0.2) is 36.4 Å². The van der Waals surface area contributed by atoms with Gasteiger partial charge in [0.1, 0.15) is 0 Å². The van der Waals surface area contributed by atoms with E-state index in [-0.39, 0.29) is 18.2 Å². The molecule has 0 radical (unpaired) electrons. The Balaban J connectivity index is 1.33. The first-order valence-corrected chi connectivity index (χ1v) is 9.56. The normalized spacial score (nSPS) is 23.7. The monoisotopic (exact) mass is 334 g/mol. The molecular weight excluding hydrogens is 300 g/mol. The van der Waals surface area contributed by atoms with E-state index >= 15 is 0 Å². The summed E-state index contributed by atoms with van der Waals surface area (Å²) in [6.45, 7) is 2.34. The summed E-state index contributed by atoms with van der Waals surface area (Å²) < 4.78 is 5.70. The Labute approximate surface area is 146 Å². The molecular formula is C20H34N2O2. The molecule has 0 bridgehead atoms. The zero-order chi connectivity index (χ0) is 17.0. The second-order valence-electron chi connectivity index (χ2n) is 6.97. The van der Waals surface area contributed by atoms with Crippen molar-refractivity contribution in [2.24, 2.45) is 5.73 Å². The zero-order valence-electron chi connectivity index (χ0n) is 14.8. The minimum Gasteiger partial charge on any atom is -0.390 e. The number of aliphatic hydroxyl groups is 1. The smallest absolute Gasteiger partial charge is 0.0856 e.